The molecule has 1 saturated heterocycles. The molecule has 0 radical (unpaired) electrons. The van der Waals surface area contributed by atoms with E-state index in [0.717, 1.165) is 43.1 Å². The van der Waals surface area contributed by atoms with Crippen molar-refractivity contribution < 1.29 is 0 Å². The molecule has 5 heteroatoms. The van der Waals surface area contributed by atoms with Crippen molar-refractivity contribution in [2.24, 2.45) is 0 Å². The highest BCUT2D eigenvalue weighted by Crippen LogP contribution is 2.33. The molecule has 0 bridgehead atoms. The molecular weight excluding hydrogens is 376 g/mol. The second kappa shape index (κ2) is 8.80. The number of piperidine rings is 1. The lowest BCUT2D eigenvalue weighted by Gasteiger charge is -2.33. The minimum Gasteiger partial charge on any atom is -0.367 e. The van der Waals surface area contributed by atoms with Crippen LogP contribution in [0.25, 0.3) is 10.2 Å². The summed E-state index contributed by atoms with van der Waals surface area (Å²) in [6.45, 7) is 12.2. The first-order valence-corrected chi connectivity index (χ1v) is 11.6. The summed E-state index contributed by atoms with van der Waals surface area (Å²) in [5.41, 5.74) is 4.22. The Labute approximate surface area is 178 Å². The fourth-order valence-corrected chi connectivity index (χ4v) is 5.21. The van der Waals surface area contributed by atoms with Crippen LogP contribution in [0.4, 0.5) is 5.82 Å². The Bertz CT molecular complexity index is 972. The lowest BCUT2D eigenvalue weighted by molar-refractivity contribution is 0.211. The molecule has 0 saturated carbocycles. The van der Waals surface area contributed by atoms with Gasteiger partial charge in [0.15, 0.2) is 0 Å². The first-order chi connectivity index (χ1) is 14.0. The largest absolute Gasteiger partial charge is 0.367 e. The smallest absolute Gasteiger partial charge is 0.138 e. The van der Waals surface area contributed by atoms with Crippen molar-refractivity contribution in [1.82, 2.24) is 14.9 Å². The van der Waals surface area contributed by atoms with E-state index in [2.05, 4.69) is 72.1 Å². The maximum Gasteiger partial charge on any atom is 0.138 e. The number of nitrogens with one attached hydrogen (secondary N) is 1. The number of likely N-dealkylation sites (tertiary alicyclic amines) is 1. The molecule has 29 heavy (non-hydrogen) atoms. The van der Waals surface area contributed by atoms with Crippen molar-refractivity contribution in [2.45, 2.75) is 65.5 Å². The summed E-state index contributed by atoms with van der Waals surface area (Å²) in [6, 6.07) is 9.64. The molecule has 1 atom stereocenters. The van der Waals surface area contributed by atoms with Gasteiger partial charge in [0.2, 0.25) is 0 Å². The third kappa shape index (κ3) is 4.46. The standard InChI is InChI=1S/C24H32N4S/c1-5-16(2)20-8-6-7-19(13-20)14-28-11-9-21(10-12-28)27-23-22-17(3)18(4)29-24(22)26-15-25-23/h6-8,13,15-16,21H,5,9-12,14H2,1-4H3,(H,25,26,27). The monoisotopic (exact) mass is 408 g/mol. The third-order valence-corrected chi connectivity index (χ3v) is 7.55. The number of rotatable bonds is 6. The van der Waals surface area contributed by atoms with E-state index in [9.17, 15) is 0 Å². The number of benzene rings is 1. The second-order valence-electron chi connectivity index (χ2n) is 8.43. The number of hydrogen-bond acceptors (Lipinski definition) is 5. The van der Waals surface area contributed by atoms with E-state index in [-0.39, 0.29) is 0 Å². The molecule has 2 aromatic heterocycles. The predicted molar refractivity (Wildman–Crippen MR) is 124 cm³/mol. The molecule has 1 N–H and O–H groups in total. The van der Waals surface area contributed by atoms with Crippen LogP contribution >= 0.6 is 11.3 Å². The molecule has 1 unspecified atom stereocenters. The van der Waals surface area contributed by atoms with Crippen LogP contribution in [-0.2, 0) is 6.54 Å². The molecule has 1 aromatic carbocycles. The van der Waals surface area contributed by atoms with E-state index >= 15 is 0 Å². The number of nitrogens with zero attached hydrogens (tertiary/aromatic N) is 3. The number of aromatic nitrogens is 2. The first-order valence-electron chi connectivity index (χ1n) is 10.8. The van der Waals surface area contributed by atoms with E-state index in [1.165, 1.54) is 33.4 Å². The topological polar surface area (TPSA) is 41.0 Å². The van der Waals surface area contributed by atoms with Crippen LogP contribution in [-0.4, -0.2) is 34.0 Å². The predicted octanol–water partition coefficient (Wildman–Crippen LogP) is 5.90. The summed E-state index contributed by atoms with van der Waals surface area (Å²) in [5, 5.41) is 4.93. The van der Waals surface area contributed by atoms with Crippen LogP contribution in [0.3, 0.4) is 0 Å². The maximum atomic E-state index is 4.57. The molecule has 3 aromatic rings. The van der Waals surface area contributed by atoms with Gasteiger partial charge >= 0.3 is 0 Å². The minimum atomic E-state index is 0.482. The molecular formula is C24H32N4S. The van der Waals surface area contributed by atoms with Crippen molar-refractivity contribution in [3.05, 3.63) is 52.2 Å². The van der Waals surface area contributed by atoms with Crippen LogP contribution in [0.15, 0.2) is 30.6 Å². The Morgan fingerprint density at radius 2 is 2.00 bits per heavy atom. The van der Waals surface area contributed by atoms with Crippen molar-refractivity contribution in [3.63, 3.8) is 0 Å². The van der Waals surface area contributed by atoms with Crippen LogP contribution in [0, 0.1) is 13.8 Å². The zero-order chi connectivity index (χ0) is 20.4. The lowest BCUT2D eigenvalue weighted by Crippen LogP contribution is -2.38. The Kier molecular flexibility index (Phi) is 6.16. The van der Waals surface area contributed by atoms with E-state index in [1.807, 2.05) is 0 Å². The van der Waals surface area contributed by atoms with Gasteiger partial charge in [0.25, 0.3) is 0 Å². The number of anilines is 1. The molecule has 4 rings (SSSR count). The number of fused-ring (bicyclic) bond motifs is 1. The summed E-state index contributed by atoms with van der Waals surface area (Å²) in [4.78, 5) is 14.0. The van der Waals surface area contributed by atoms with Crippen molar-refractivity contribution >= 4 is 27.4 Å². The van der Waals surface area contributed by atoms with Gasteiger partial charge in [-0.05, 0) is 55.7 Å². The Balaban J connectivity index is 1.37. The summed E-state index contributed by atoms with van der Waals surface area (Å²) >= 11 is 1.76. The second-order valence-corrected chi connectivity index (χ2v) is 9.64. The van der Waals surface area contributed by atoms with E-state index in [0.29, 0.717) is 12.0 Å². The molecule has 3 heterocycles. The maximum absolute atomic E-state index is 4.57. The molecule has 0 aliphatic carbocycles. The van der Waals surface area contributed by atoms with Crippen LogP contribution in [0.5, 0.6) is 0 Å². The Hall–Kier alpha value is -1.98. The number of aryl methyl sites for hydroxylation is 2. The van der Waals surface area contributed by atoms with E-state index in [1.54, 1.807) is 17.7 Å². The van der Waals surface area contributed by atoms with Crippen molar-refractivity contribution in [2.75, 3.05) is 18.4 Å². The van der Waals surface area contributed by atoms with Crippen LogP contribution < -0.4 is 5.32 Å². The first kappa shape index (κ1) is 20.3. The average Bonchev–Trinajstić information content (AvgIpc) is 3.03. The molecule has 0 spiro atoms. The van der Waals surface area contributed by atoms with Gasteiger partial charge in [-0.2, -0.15) is 0 Å². The van der Waals surface area contributed by atoms with Gasteiger partial charge in [-0.3, -0.25) is 4.90 Å². The number of hydrogen-bond donors (Lipinski definition) is 1. The molecule has 154 valence electrons. The van der Waals surface area contributed by atoms with E-state index in [4.69, 9.17) is 0 Å². The van der Waals surface area contributed by atoms with Gasteiger partial charge < -0.3 is 5.32 Å². The highest BCUT2D eigenvalue weighted by atomic mass is 32.1. The van der Waals surface area contributed by atoms with Gasteiger partial charge in [0, 0.05) is 30.6 Å². The van der Waals surface area contributed by atoms with Crippen LogP contribution in [0.1, 0.15) is 60.6 Å². The Morgan fingerprint density at radius 3 is 2.76 bits per heavy atom. The minimum absolute atomic E-state index is 0.482. The quantitative estimate of drug-likeness (QED) is 0.551. The zero-order valence-electron chi connectivity index (χ0n) is 18.0. The molecule has 4 nitrogen and oxygen atoms in total. The van der Waals surface area contributed by atoms with Gasteiger partial charge in [-0.15, -0.1) is 11.3 Å². The zero-order valence-corrected chi connectivity index (χ0v) is 18.9. The van der Waals surface area contributed by atoms with Crippen molar-refractivity contribution in [1.29, 1.82) is 0 Å². The molecule has 1 aliphatic rings. The third-order valence-electron chi connectivity index (χ3n) is 6.43. The molecule has 0 amide bonds. The van der Waals surface area contributed by atoms with E-state index < -0.39 is 0 Å². The normalized spacial score (nSPS) is 17.0. The van der Waals surface area contributed by atoms with Gasteiger partial charge in [-0.1, -0.05) is 38.1 Å². The average molecular weight is 409 g/mol. The highest BCUT2D eigenvalue weighted by Gasteiger charge is 2.21. The Morgan fingerprint density at radius 1 is 1.21 bits per heavy atom. The molecule has 1 aliphatic heterocycles. The number of thiophene rings is 1. The summed E-state index contributed by atoms with van der Waals surface area (Å²) < 4.78 is 0. The van der Waals surface area contributed by atoms with Gasteiger partial charge in [-0.25, -0.2) is 9.97 Å². The summed E-state index contributed by atoms with van der Waals surface area (Å²) in [5.74, 6) is 1.65. The highest BCUT2D eigenvalue weighted by molar-refractivity contribution is 7.18. The summed E-state index contributed by atoms with van der Waals surface area (Å²) in [7, 11) is 0. The fourth-order valence-electron chi connectivity index (χ4n) is 4.21. The molecule has 1 fully saturated rings. The van der Waals surface area contributed by atoms with Gasteiger partial charge in [0.05, 0.1) is 5.39 Å². The SMILES string of the molecule is CCC(C)c1cccc(CN2CCC(Nc3ncnc4sc(C)c(C)c34)CC2)c1. The summed E-state index contributed by atoms with van der Waals surface area (Å²) in [6.07, 6.45) is 5.19. The van der Waals surface area contributed by atoms with Crippen LogP contribution in [0.2, 0.25) is 0 Å². The lowest BCUT2D eigenvalue weighted by atomic mass is 9.96. The van der Waals surface area contributed by atoms with Crippen molar-refractivity contribution in [3.8, 4) is 0 Å². The van der Waals surface area contributed by atoms with Gasteiger partial charge in [0.1, 0.15) is 17.0 Å². The fraction of sp³-hybridized carbons (Fsp3) is 0.500.